The van der Waals surface area contributed by atoms with Crippen LogP contribution in [-0.4, -0.2) is 30.1 Å². The predicted octanol–water partition coefficient (Wildman–Crippen LogP) is 2.52. The van der Waals surface area contributed by atoms with Crippen molar-refractivity contribution in [1.82, 2.24) is 0 Å². The first-order valence-electron chi connectivity index (χ1n) is 6.97. The molecule has 2 rings (SSSR count). The molecule has 0 saturated carbocycles. The van der Waals surface area contributed by atoms with E-state index in [0.29, 0.717) is 36.5 Å². The van der Waals surface area contributed by atoms with E-state index in [4.69, 9.17) is 17.3 Å². The number of nitrogens with two attached hydrogens (primary N) is 1. The van der Waals surface area contributed by atoms with Crippen molar-refractivity contribution in [3.05, 3.63) is 28.8 Å². The van der Waals surface area contributed by atoms with Gasteiger partial charge in [0.15, 0.2) is 0 Å². The second kappa shape index (κ2) is 5.93. The van der Waals surface area contributed by atoms with Crippen LogP contribution in [0.2, 0.25) is 5.02 Å². The summed E-state index contributed by atoms with van der Waals surface area (Å²) in [6, 6.07) is 4.87. The predicted molar refractivity (Wildman–Crippen MR) is 81.8 cm³/mol. The molecular formula is C15H19ClN2O3. The molecule has 1 aliphatic heterocycles. The van der Waals surface area contributed by atoms with Crippen molar-refractivity contribution in [1.29, 1.82) is 0 Å². The maximum absolute atomic E-state index is 11.6. The van der Waals surface area contributed by atoms with Gasteiger partial charge in [-0.05, 0) is 31.0 Å². The highest BCUT2D eigenvalue weighted by molar-refractivity contribution is 6.33. The Hall–Kier alpha value is -1.75. The third-order valence-corrected chi connectivity index (χ3v) is 4.41. The van der Waals surface area contributed by atoms with Crippen molar-refractivity contribution in [3.8, 4) is 0 Å². The first-order valence-corrected chi connectivity index (χ1v) is 7.35. The summed E-state index contributed by atoms with van der Waals surface area (Å²) in [6.07, 6.45) is 2.08. The number of carbonyl (C=O) groups excluding carboxylic acids is 1. The third-order valence-electron chi connectivity index (χ3n) is 4.11. The highest BCUT2D eigenvalue weighted by atomic mass is 35.5. The minimum atomic E-state index is -0.753. The standard InChI is InChI=1S/C15H19ClN2O3/c1-2-5-15(14(20)21)6-7-18(9-15)12-4-3-10(13(17)19)8-11(12)16/h3-4,8H,2,5-7,9H2,1H3,(H2,17,19)(H,20,21). The average Bonchev–Trinajstić information content (AvgIpc) is 2.84. The number of benzene rings is 1. The number of hydrogen-bond donors (Lipinski definition) is 2. The van der Waals surface area contributed by atoms with E-state index in [0.717, 1.165) is 12.1 Å². The summed E-state index contributed by atoms with van der Waals surface area (Å²) in [5, 5.41) is 9.95. The van der Waals surface area contributed by atoms with Crippen LogP contribution in [0.25, 0.3) is 0 Å². The Labute approximate surface area is 128 Å². The van der Waals surface area contributed by atoms with E-state index in [1.165, 1.54) is 6.07 Å². The first kappa shape index (κ1) is 15.6. The molecule has 1 unspecified atom stereocenters. The molecule has 0 spiro atoms. The zero-order valence-electron chi connectivity index (χ0n) is 11.9. The molecule has 1 atom stereocenters. The fourth-order valence-electron chi connectivity index (χ4n) is 2.96. The second-order valence-electron chi connectivity index (χ2n) is 5.54. The van der Waals surface area contributed by atoms with Gasteiger partial charge in [-0.2, -0.15) is 0 Å². The van der Waals surface area contributed by atoms with Gasteiger partial charge in [-0.25, -0.2) is 0 Å². The molecule has 0 bridgehead atoms. The molecule has 0 aliphatic carbocycles. The van der Waals surface area contributed by atoms with Crippen LogP contribution in [0.5, 0.6) is 0 Å². The Morgan fingerprint density at radius 3 is 2.71 bits per heavy atom. The highest BCUT2D eigenvalue weighted by Gasteiger charge is 2.44. The summed E-state index contributed by atoms with van der Waals surface area (Å²) in [7, 11) is 0. The molecule has 1 aromatic carbocycles. The SMILES string of the molecule is CCCC1(C(=O)O)CCN(c2ccc(C(N)=O)cc2Cl)C1. The largest absolute Gasteiger partial charge is 0.481 e. The molecule has 1 saturated heterocycles. The van der Waals surface area contributed by atoms with Gasteiger partial charge in [-0.1, -0.05) is 24.9 Å². The minimum Gasteiger partial charge on any atom is -0.481 e. The van der Waals surface area contributed by atoms with E-state index in [-0.39, 0.29) is 0 Å². The number of hydrogen-bond acceptors (Lipinski definition) is 3. The quantitative estimate of drug-likeness (QED) is 0.875. The Kier molecular flexibility index (Phi) is 4.42. The van der Waals surface area contributed by atoms with Crippen LogP contribution in [0.3, 0.4) is 0 Å². The number of nitrogens with zero attached hydrogens (tertiary/aromatic N) is 1. The van der Waals surface area contributed by atoms with Gasteiger partial charge in [-0.15, -0.1) is 0 Å². The van der Waals surface area contributed by atoms with Crippen LogP contribution in [0, 0.1) is 5.41 Å². The van der Waals surface area contributed by atoms with E-state index < -0.39 is 17.3 Å². The lowest BCUT2D eigenvalue weighted by Crippen LogP contribution is -2.34. The molecule has 1 fully saturated rings. The van der Waals surface area contributed by atoms with Gasteiger partial charge in [0.2, 0.25) is 5.91 Å². The lowest BCUT2D eigenvalue weighted by molar-refractivity contribution is -0.148. The van der Waals surface area contributed by atoms with Crippen LogP contribution < -0.4 is 10.6 Å². The topological polar surface area (TPSA) is 83.6 Å². The molecule has 6 heteroatoms. The number of amides is 1. The van der Waals surface area contributed by atoms with Crippen LogP contribution in [-0.2, 0) is 4.79 Å². The molecule has 21 heavy (non-hydrogen) atoms. The van der Waals surface area contributed by atoms with Gasteiger partial charge in [0.05, 0.1) is 16.1 Å². The average molecular weight is 311 g/mol. The summed E-state index contributed by atoms with van der Waals surface area (Å²) >= 11 is 6.21. The normalized spacial score (nSPS) is 21.5. The minimum absolute atomic E-state index is 0.348. The van der Waals surface area contributed by atoms with E-state index in [1.54, 1.807) is 12.1 Å². The van der Waals surface area contributed by atoms with Crippen LogP contribution in [0.15, 0.2) is 18.2 Å². The van der Waals surface area contributed by atoms with Gasteiger partial charge >= 0.3 is 5.97 Å². The molecule has 1 amide bonds. The van der Waals surface area contributed by atoms with Crippen molar-refractivity contribution in [2.45, 2.75) is 26.2 Å². The summed E-state index contributed by atoms with van der Waals surface area (Å²) in [5.41, 5.74) is 5.61. The zero-order valence-corrected chi connectivity index (χ0v) is 12.7. The number of aliphatic carboxylic acids is 1. The second-order valence-corrected chi connectivity index (χ2v) is 5.94. The highest BCUT2D eigenvalue weighted by Crippen LogP contribution is 2.40. The zero-order chi connectivity index (χ0) is 15.6. The Morgan fingerprint density at radius 1 is 1.48 bits per heavy atom. The van der Waals surface area contributed by atoms with Crippen molar-refractivity contribution in [2.75, 3.05) is 18.0 Å². The van der Waals surface area contributed by atoms with Gasteiger partial charge in [0, 0.05) is 18.7 Å². The van der Waals surface area contributed by atoms with E-state index in [1.807, 2.05) is 11.8 Å². The van der Waals surface area contributed by atoms with Crippen molar-refractivity contribution in [2.24, 2.45) is 11.1 Å². The maximum atomic E-state index is 11.6. The smallest absolute Gasteiger partial charge is 0.311 e. The van der Waals surface area contributed by atoms with Gasteiger partial charge in [0.25, 0.3) is 0 Å². The number of rotatable bonds is 5. The molecule has 0 aromatic heterocycles. The molecule has 1 aromatic rings. The van der Waals surface area contributed by atoms with Crippen molar-refractivity contribution < 1.29 is 14.7 Å². The Bertz CT molecular complexity index is 576. The molecule has 0 radical (unpaired) electrons. The summed E-state index contributed by atoms with van der Waals surface area (Å²) in [5.74, 6) is -1.28. The first-order chi connectivity index (χ1) is 9.89. The monoisotopic (exact) mass is 310 g/mol. The lowest BCUT2D eigenvalue weighted by Gasteiger charge is -2.25. The number of anilines is 1. The lowest BCUT2D eigenvalue weighted by atomic mass is 9.83. The molecule has 1 aliphatic rings. The number of halogens is 1. The summed E-state index contributed by atoms with van der Waals surface area (Å²) < 4.78 is 0. The molecule has 114 valence electrons. The van der Waals surface area contributed by atoms with Crippen LogP contribution in [0.4, 0.5) is 5.69 Å². The summed E-state index contributed by atoms with van der Waals surface area (Å²) in [6.45, 7) is 3.07. The van der Waals surface area contributed by atoms with Gasteiger partial charge in [0.1, 0.15) is 0 Å². The molecule has 3 N–H and O–H groups in total. The Morgan fingerprint density at radius 2 is 2.19 bits per heavy atom. The molecular weight excluding hydrogens is 292 g/mol. The van der Waals surface area contributed by atoms with E-state index >= 15 is 0 Å². The third kappa shape index (κ3) is 2.97. The molecule has 5 nitrogen and oxygen atoms in total. The van der Waals surface area contributed by atoms with Gasteiger partial charge < -0.3 is 15.7 Å². The summed E-state index contributed by atoms with van der Waals surface area (Å²) in [4.78, 5) is 24.7. The molecule has 1 heterocycles. The van der Waals surface area contributed by atoms with Crippen molar-refractivity contribution >= 4 is 29.2 Å². The van der Waals surface area contributed by atoms with Crippen LogP contribution in [0.1, 0.15) is 36.5 Å². The number of carboxylic acids is 1. The maximum Gasteiger partial charge on any atom is 0.311 e. The van der Waals surface area contributed by atoms with Crippen molar-refractivity contribution in [3.63, 3.8) is 0 Å². The van der Waals surface area contributed by atoms with Gasteiger partial charge in [-0.3, -0.25) is 9.59 Å². The van der Waals surface area contributed by atoms with E-state index in [2.05, 4.69) is 0 Å². The number of carbonyl (C=O) groups is 2. The van der Waals surface area contributed by atoms with E-state index in [9.17, 15) is 14.7 Å². The fourth-order valence-corrected chi connectivity index (χ4v) is 3.26. The Balaban J connectivity index is 2.25. The van der Waals surface area contributed by atoms with Crippen LogP contribution >= 0.6 is 11.6 Å². The number of carboxylic acid groups (broad SMARTS) is 1. The number of primary amides is 1. The fraction of sp³-hybridized carbons (Fsp3) is 0.467.